The first kappa shape index (κ1) is 10.8. The van der Waals surface area contributed by atoms with Gasteiger partial charge in [0.25, 0.3) is 0 Å². The summed E-state index contributed by atoms with van der Waals surface area (Å²) in [5, 5.41) is 0. The third kappa shape index (κ3) is 1.83. The smallest absolute Gasteiger partial charge is 0.0983 e. The highest BCUT2D eigenvalue weighted by Crippen LogP contribution is 2.28. The van der Waals surface area contributed by atoms with Gasteiger partial charge in [0.2, 0.25) is 0 Å². The number of rotatable bonds is 2. The molecule has 0 saturated heterocycles. The summed E-state index contributed by atoms with van der Waals surface area (Å²) in [5.41, 5.74) is 5.29. The molecule has 1 heterocycles. The molecule has 0 aromatic heterocycles. The third-order valence-electron chi connectivity index (χ3n) is 2.91. The summed E-state index contributed by atoms with van der Waals surface area (Å²) in [6.07, 6.45) is 5.99. The van der Waals surface area contributed by atoms with E-state index in [4.69, 9.17) is 0 Å². The van der Waals surface area contributed by atoms with E-state index in [-0.39, 0.29) is 0 Å². The van der Waals surface area contributed by atoms with E-state index in [2.05, 4.69) is 55.5 Å². The number of anilines is 1. The first-order chi connectivity index (χ1) is 7.61. The zero-order valence-electron chi connectivity index (χ0n) is 10.2. The first-order valence-corrected chi connectivity index (χ1v) is 5.53. The SMILES string of the molecule is C=CN1C=CN(c2c(C)cc(C)cc2C)C1. The molecule has 1 aliphatic rings. The molecule has 16 heavy (non-hydrogen) atoms. The van der Waals surface area contributed by atoms with E-state index in [0.717, 1.165) is 6.67 Å². The van der Waals surface area contributed by atoms with Crippen molar-refractivity contribution in [3.05, 3.63) is 54.0 Å². The van der Waals surface area contributed by atoms with Crippen LogP contribution in [0.4, 0.5) is 5.69 Å². The average Bonchev–Trinajstić information content (AvgIpc) is 2.64. The molecule has 0 fully saturated rings. The summed E-state index contributed by atoms with van der Waals surface area (Å²) in [6, 6.07) is 4.46. The predicted molar refractivity (Wildman–Crippen MR) is 69.2 cm³/mol. The topological polar surface area (TPSA) is 6.48 Å². The van der Waals surface area contributed by atoms with Gasteiger partial charge in [0.15, 0.2) is 0 Å². The van der Waals surface area contributed by atoms with Crippen molar-refractivity contribution in [2.75, 3.05) is 11.6 Å². The highest BCUT2D eigenvalue weighted by atomic mass is 15.3. The van der Waals surface area contributed by atoms with E-state index in [1.165, 1.54) is 22.4 Å². The normalized spacial score (nSPS) is 14.7. The third-order valence-corrected chi connectivity index (χ3v) is 2.91. The van der Waals surface area contributed by atoms with E-state index in [9.17, 15) is 0 Å². The van der Waals surface area contributed by atoms with Crippen molar-refractivity contribution in [2.45, 2.75) is 20.8 Å². The molecule has 2 nitrogen and oxygen atoms in total. The van der Waals surface area contributed by atoms with Crippen LogP contribution in [0.2, 0.25) is 0 Å². The molecular formula is C14H18N2. The van der Waals surface area contributed by atoms with Gasteiger partial charge in [-0.05, 0) is 38.1 Å². The predicted octanol–water partition coefficient (Wildman–Crippen LogP) is 3.31. The summed E-state index contributed by atoms with van der Waals surface area (Å²) in [7, 11) is 0. The fraction of sp³-hybridized carbons (Fsp3) is 0.286. The van der Waals surface area contributed by atoms with Crippen molar-refractivity contribution in [2.24, 2.45) is 0 Å². The van der Waals surface area contributed by atoms with Crippen LogP contribution in [0.1, 0.15) is 16.7 Å². The molecule has 0 aliphatic carbocycles. The molecular weight excluding hydrogens is 196 g/mol. The number of aryl methyl sites for hydroxylation is 3. The van der Waals surface area contributed by atoms with Crippen LogP contribution in [-0.4, -0.2) is 11.6 Å². The lowest BCUT2D eigenvalue weighted by Crippen LogP contribution is -2.22. The van der Waals surface area contributed by atoms with Crippen LogP contribution in [-0.2, 0) is 0 Å². The van der Waals surface area contributed by atoms with Crippen molar-refractivity contribution < 1.29 is 0 Å². The highest BCUT2D eigenvalue weighted by molar-refractivity contribution is 5.62. The molecule has 1 aromatic rings. The number of hydrogen-bond acceptors (Lipinski definition) is 2. The van der Waals surface area contributed by atoms with Crippen LogP contribution in [0.25, 0.3) is 0 Å². The quantitative estimate of drug-likeness (QED) is 0.745. The minimum absolute atomic E-state index is 0.855. The summed E-state index contributed by atoms with van der Waals surface area (Å²) in [5.74, 6) is 0. The van der Waals surface area contributed by atoms with Gasteiger partial charge in [0, 0.05) is 18.1 Å². The van der Waals surface area contributed by atoms with Gasteiger partial charge < -0.3 is 9.80 Å². The maximum atomic E-state index is 3.78. The van der Waals surface area contributed by atoms with Gasteiger partial charge in [-0.15, -0.1) is 0 Å². The van der Waals surface area contributed by atoms with Gasteiger partial charge in [-0.3, -0.25) is 0 Å². The van der Waals surface area contributed by atoms with Gasteiger partial charge in [-0.2, -0.15) is 0 Å². The maximum absolute atomic E-state index is 3.78. The second-order valence-electron chi connectivity index (χ2n) is 4.35. The second-order valence-corrected chi connectivity index (χ2v) is 4.35. The molecule has 0 amide bonds. The summed E-state index contributed by atoms with van der Waals surface area (Å²) in [4.78, 5) is 4.32. The maximum Gasteiger partial charge on any atom is 0.0983 e. The largest absolute Gasteiger partial charge is 0.335 e. The Morgan fingerprint density at radius 2 is 1.75 bits per heavy atom. The molecule has 0 bridgehead atoms. The van der Waals surface area contributed by atoms with Crippen LogP contribution >= 0.6 is 0 Å². The summed E-state index contributed by atoms with van der Waals surface area (Å²) in [6.45, 7) is 11.1. The second kappa shape index (κ2) is 4.05. The van der Waals surface area contributed by atoms with E-state index < -0.39 is 0 Å². The zero-order chi connectivity index (χ0) is 11.7. The van der Waals surface area contributed by atoms with Crippen LogP contribution in [0, 0.1) is 20.8 Å². The molecule has 2 heteroatoms. The number of hydrogen-bond donors (Lipinski definition) is 0. The highest BCUT2D eigenvalue weighted by Gasteiger charge is 2.15. The molecule has 0 atom stereocenters. The molecule has 0 unspecified atom stereocenters. The number of benzene rings is 1. The molecule has 0 radical (unpaired) electrons. The van der Waals surface area contributed by atoms with E-state index in [0.29, 0.717) is 0 Å². The molecule has 0 saturated carbocycles. The monoisotopic (exact) mass is 214 g/mol. The lowest BCUT2D eigenvalue weighted by atomic mass is 10.0. The Balaban J connectivity index is 2.35. The first-order valence-electron chi connectivity index (χ1n) is 5.53. The van der Waals surface area contributed by atoms with Gasteiger partial charge >= 0.3 is 0 Å². The van der Waals surface area contributed by atoms with E-state index in [1.54, 1.807) is 0 Å². The minimum atomic E-state index is 0.855. The lowest BCUT2D eigenvalue weighted by molar-refractivity contribution is 0.549. The van der Waals surface area contributed by atoms with Gasteiger partial charge in [0.1, 0.15) is 0 Å². The van der Waals surface area contributed by atoms with Crippen LogP contribution < -0.4 is 4.90 Å². The Labute approximate surface area is 97.5 Å². The molecule has 84 valence electrons. The summed E-state index contributed by atoms with van der Waals surface area (Å²) < 4.78 is 0. The van der Waals surface area contributed by atoms with Crippen LogP contribution in [0.15, 0.2) is 37.3 Å². The van der Waals surface area contributed by atoms with Crippen molar-refractivity contribution in [3.63, 3.8) is 0 Å². The number of nitrogens with zero attached hydrogens (tertiary/aromatic N) is 2. The van der Waals surface area contributed by atoms with Gasteiger partial charge in [-0.1, -0.05) is 24.3 Å². The van der Waals surface area contributed by atoms with Crippen molar-refractivity contribution in [3.8, 4) is 0 Å². The van der Waals surface area contributed by atoms with E-state index >= 15 is 0 Å². The fourth-order valence-corrected chi connectivity index (χ4v) is 2.33. The van der Waals surface area contributed by atoms with Crippen molar-refractivity contribution in [1.82, 2.24) is 4.90 Å². The molecule has 2 rings (SSSR count). The van der Waals surface area contributed by atoms with E-state index in [1.807, 2.05) is 12.4 Å². The Kier molecular flexibility index (Phi) is 2.73. The Hall–Kier alpha value is -1.70. The standard InChI is InChI=1S/C14H18N2/c1-5-15-6-7-16(10-15)14-12(3)8-11(2)9-13(14)4/h5-9H,1,10H2,2-4H3. The lowest BCUT2D eigenvalue weighted by Gasteiger charge is -2.23. The molecule has 1 aromatic carbocycles. The summed E-state index contributed by atoms with van der Waals surface area (Å²) >= 11 is 0. The Morgan fingerprint density at radius 3 is 2.25 bits per heavy atom. The average molecular weight is 214 g/mol. The Bertz CT molecular complexity index is 423. The minimum Gasteiger partial charge on any atom is -0.335 e. The Morgan fingerprint density at radius 1 is 1.12 bits per heavy atom. The van der Waals surface area contributed by atoms with Crippen molar-refractivity contribution >= 4 is 5.69 Å². The van der Waals surface area contributed by atoms with Gasteiger partial charge in [-0.25, -0.2) is 0 Å². The van der Waals surface area contributed by atoms with Crippen LogP contribution in [0.3, 0.4) is 0 Å². The fourth-order valence-electron chi connectivity index (χ4n) is 2.33. The molecule has 1 aliphatic heterocycles. The van der Waals surface area contributed by atoms with Crippen LogP contribution in [0.5, 0.6) is 0 Å². The zero-order valence-corrected chi connectivity index (χ0v) is 10.2. The van der Waals surface area contributed by atoms with Gasteiger partial charge in [0.05, 0.1) is 6.67 Å². The van der Waals surface area contributed by atoms with Crippen molar-refractivity contribution in [1.29, 1.82) is 0 Å². The molecule has 0 N–H and O–H groups in total. The molecule has 0 spiro atoms.